The molecule has 0 N–H and O–H groups in total. The van der Waals surface area contributed by atoms with Crippen molar-refractivity contribution in [1.29, 1.82) is 0 Å². The summed E-state index contributed by atoms with van der Waals surface area (Å²) >= 11 is 8.23. The number of hydrogen-bond donors (Lipinski definition) is 0. The van der Waals surface area contributed by atoms with Crippen LogP contribution in [0, 0.1) is 5.92 Å². The van der Waals surface area contributed by atoms with Crippen LogP contribution in [0.15, 0.2) is 17.5 Å². The molecule has 0 aliphatic heterocycles. The molecule has 0 nitrogen and oxygen atoms in total. The summed E-state index contributed by atoms with van der Waals surface area (Å²) in [5.41, 5.74) is 0. The molecule has 1 aliphatic rings. The SMILES string of the molecule is ClC(CCC1CCCCC1)Cc1cccs1. The van der Waals surface area contributed by atoms with Crippen molar-refractivity contribution < 1.29 is 0 Å². The zero-order chi connectivity index (χ0) is 11.2. The Kier molecular flexibility index (Phi) is 5.18. The predicted molar refractivity (Wildman–Crippen MR) is 73.5 cm³/mol. The second-order valence-electron chi connectivity index (χ2n) is 4.96. The van der Waals surface area contributed by atoms with Gasteiger partial charge in [0.1, 0.15) is 0 Å². The van der Waals surface area contributed by atoms with Crippen molar-refractivity contribution >= 4 is 22.9 Å². The normalized spacial score (nSPS) is 19.8. The topological polar surface area (TPSA) is 0 Å². The Morgan fingerprint density at radius 3 is 2.81 bits per heavy atom. The fourth-order valence-electron chi connectivity index (χ4n) is 2.64. The largest absolute Gasteiger partial charge is 0.149 e. The van der Waals surface area contributed by atoms with Gasteiger partial charge in [-0.3, -0.25) is 0 Å². The molecular formula is C14H21ClS. The number of thiophene rings is 1. The molecule has 0 aromatic carbocycles. The molecule has 1 saturated carbocycles. The average Bonchev–Trinajstić information content (AvgIpc) is 2.81. The second-order valence-corrected chi connectivity index (χ2v) is 6.61. The average molecular weight is 257 g/mol. The Bertz CT molecular complexity index is 275. The van der Waals surface area contributed by atoms with E-state index in [1.165, 1.54) is 49.8 Å². The molecule has 1 aliphatic carbocycles. The first-order chi connectivity index (χ1) is 7.84. The highest BCUT2D eigenvalue weighted by Gasteiger charge is 2.15. The molecule has 1 fully saturated rings. The first-order valence-electron chi connectivity index (χ1n) is 6.51. The third-order valence-corrected chi connectivity index (χ3v) is 4.89. The number of halogens is 1. The van der Waals surface area contributed by atoms with Crippen molar-refractivity contribution in [3.8, 4) is 0 Å². The van der Waals surface area contributed by atoms with Gasteiger partial charge < -0.3 is 0 Å². The summed E-state index contributed by atoms with van der Waals surface area (Å²) in [5.74, 6) is 0.971. The predicted octanol–water partition coefficient (Wildman–Crippen LogP) is 5.26. The summed E-state index contributed by atoms with van der Waals surface area (Å²) in [4.78, 5) is 1.43. The van der Waals surface area contributed by atoms with Gasteiger partial charge in [-0.05, 0) is 36.6 Å². The van der Waals surface area contributed by atoms with Gasteiger partial charge in [0.15, 0.2) is 0 Å². The van der Waals surface area contributed by atoms with Crippen LogP contribution >= 0.6 is 22.9 Å². The lowest BCUT2D eigenvalue weighted by atomic mass is 9.85. The van der Waals surface area contributed by atoms with Gasteiger partial charge in [0.2, 0.25) is 0 Å². The minimum absolute atomic E-state index is 0.348. The van der Waals surface area contributed by atoms with E-state index >= 15 is 0 Å². The Morgan fingerprint density at radius 1 is 1.31 bits per heavy atom. The molecule has 1 atom stereocenters. The first-order valence-corrected chi connectivity index (χ1v) is 7.82. The summed E-state index contributed by atoms with van der Waals surface area (Å²) in [5, 5.41) is 2.49. The van der Waals surface area contributed by atoms with Crippen molar-refractivity contribution in [2.75, 3.05) is 0 Å². The minimum atomic E-state index is 0.348. The molecule has 0 saturated heterocycles. The fourth-order valence-corrected chi connectivity index (χ4v) is 3.81. The Labute approximate surface area is 108 Å². The molecule has 2 rings (SSSR count). The van der Waals surface area contributed by atoms with Crippen LogP contribution in [0.4, 0.5) is 0 Å². The smallest absolute Gasteiger partial charge is 0.0384 e. The summed E-state index contributed by atoms with van der Waals surface area (Å²) in [6.45, 7) is 0. The molecule has 16 heavy (non-hydrogen) atoms. The zero-order valence-electron chi connectivity index (χ0n) is 9.83. The van der Waals surface area contributed by atoms with Crippen LogP contribution in [0.1, 0.15) is 49.8 Å². The van der Waals surface area contributed by atoms with E-state index in [0.717, 1.165) is 12.3 Å². The fraction of sp³-hybridized carbons (Fsp3) is 0.714. The lowest BCUT2D eigenvalue weighted by Gasteiger charge is -2.22. The first kappa shape index (κ1) is 12.4. The molecule has 1 aromatic rings. The third-order valence-electron chi connectivity index (χ3n) is 3.62. The van der Waals surface area contributed by atoms with Crippen molar-refractivity contribution in [3.63, 3.8) is 0 Å². The molecule has 1 unspecified atom stereocenters. The maximum Gasteiger partial charge on any atom is 0.0384 e. The highest BCUT2D eigenvalue weighted by atomic mass is 35.5. The molecule has 0 spiro atoms. The van der Waals surface area contributed by atoms with Gasteiger partial charge in [0.25, 0.3) is 0 Å². The Hall–Kier alpha value is -0.0100. The molecular weight excluding hydrogens is 236 g/mol. The lowest BCUT2D eigenvalue weighted by Crippen LogP contribution is -2.10. The molecule has 1 heterocycles. The van der Waals surface area contributed by atoms with E-state index < -0.39 is 0 Å². The van der Waals surface area contributed by atoms with Crippen LogP contribution in [0.3, 0.4) is 0 Å². The van der Waals surface area contributed by atoms with Crippen molar-refractivity contribution in [1.82, 2.24) is 0 Å². The summed E-state index contributed by atoms with van der Waals surface area (Å²) in [6.07, 6.45) is 10.8. The number of alkyl halides is 1. The number of rotatable bonds is 5. The summed E-state index contributed by atoms with van der Waals surface area (Å²) < 4.78 is 0. The monoisotopic (exact) mass is 256 g/mol. The quantitative estimate of drug-likeness (QED) is 0.631. The van der Waals surface area contributed by atoms with Crippen molar-refractivity contribution in [2.45, 2.75) is 56.7 Å². The third kappa shape index (κ3) is 4.10. The minimum Gasteiger partial charge on any atom is -0.149 e. The summed E-state index contributed by atoms with van der Waals surface area (Å²) in [6, 6.07) is 4.31. The maximum atomic E-state index is 6.40. The van der Waals surface area contributed by atoms with E-state index in [1.807, 2.05) is 11.3 Å². The molecule has 0 bridgehead atoms. The lowest BCUT2D eigenvalue weighted by molar-refractivity contribution is 0.331. The van der Waals surface area contributed by atoms with Crippen molar-refractivity contribution in [3.05, 3.63) is 22.4 Å². The molecule has 0 amide bonds. The van der Waals surface area contributed by atoms with E-state index in [0.29, 0.717) is 5.38 Å². The Morgan fingerprint density at radius 2 is 2.12 bits per heavy atom. The van der Waals surface area contributed by atoms with E-state index in [9.17, 15) is 0 Å². The van der Waals surface area contributed by atoms with Crippen LogP contribution < -0.4 is 0 Å². The molecule has 0 radical (unpaired) electrons. The van der Waals surface area contributed by atoms with Gasteiger partial charge in [0, 0.05) is 10.3 Å². The molecule has 90 valence electrons. The highest BCUT2D eigenvalue weighted by molar-refractivity contribution is 7.09. The molecule has 1 aromatic heterocycles. The maximum absolute atomic E-state index is 6.40. The standard InChI is InChI=1S/C14H21ClS/c15-13(11-14-7-4-10-16-14)9-8-12-5-2-1-3-6-12/h4,7,10,12-13H,1-3,5-6,8-9,11H2. The van der Waals surface area contributed by atoms with Crippen LogP contribution in [-0.2, 0) is 6.42 Å². The van der Waals surface area contributed by atoms with Gasteiger partial charge in [0.05, 0.1) is 0 Å². The molecule has 2 heteroatoms. The highest BCUT2D eigenvalue weighted by Crippen LogP contribution is 2.29. The zero-order valence-corrected chi connectivity index (χ0v) is 11.4. The van der Waals surface area contributed by atoms with E-state index in [1.54, 1.807) is 0 Å². The van der Waals surface area contributed by atoms with Gasteiger partial charge >= 0.3 is 0 Å². The van der Waals surface area contributed by atoms with Crippen LogP contribution in [0.2, 0.25) is 0 Å². The van der Waals surface area contributed by atoms with Crippen molar-refractivity contribution in [2.24, 2.45) is 5.92 Å². The van der Waals surface area contributed by atoms with E-state index in [-0.39, 0.29) is 0 Å². The van der Waals surface area contributed by atoms with Gasteiger partial charge in [-0.1, -0.05) is 38.2 Å². The Balaban J connectivity index is 1.65. The van der Waals surface area contributed by atoms with Crippen LogP contribution in [0.25, 0.3) is 0 Å². The number of hydrogen-bond acceptors (Lipinski definition) is 1. The van der Waals surface area contributed by atoms with Gasteiger partial charge in [-0.2, -0.15) is 0 Å². The van der Waals surface area contributed by atoms with E-state index in [2.05, 4.69) is 17.5 Å². The van der Waals surface area contributed by atoms with Crippen LogP contribution in [-0.4, -0.2) is 5.38 Å². The van der Waals surface area contributed by atoms with Crippen LogP contribution in [0.5, 0.6) is 0 Å². The van der Waals surface area contributed by atoms with Gasteiger partial charge in [-0.15, -0.1) is 22.9 Å². The second kappa shape index (κ2) is 6.66. The summed E-state index contributed by atoms with van der Waals surface area (Å²) in [7, 11) is 0. The van der Waals surface area contributed by atoms with E-state index in [4.69, 9.17) is 11.6 Å². The van der Waals surface area contributed by atoms with Gasteiger partial charge in [-0.25, -0.2) is 0 Å².